The zero-order chi connectivity index (χ0) is 97.6. The topological polar surface area (TPSA) is 318 Å². The molecule has 680 valence electrons. The SMILES string of the molecule is Cc1ccc(/C(=C(/c2ccc(C)cc2)c2ccc(C(=O)O)cc2)c2ccc(OC=O)cc2)cc1.O=COc1ccc(/C(=C(\c2ccc(F)cc2)c2ccc(C(=O)O)cc2)c2ccc(F)cc2)cc1.O=COc1ccc(C(=C(c2ccc(C(=O)O)cc2)c2ccc(C(=O)O)cc2)c2ccc(OC=O)cc2)cc1.O=COc1ccc(C(=C(c2ccccc2)c2ccc(C(=O)O)cc2)c2ccccc2)cc1. The van der Waals surface area contributed by atoms with Crippen LogP contribution in [0.5, 0.6) is 28.7 Å². The van der Waals surface area contributed by atoms with Gasteiger partial charge in [0.05, 0.1) is 27.8 Å². The van der Waals surface area contributed by atoms with Crippen molar-refractivity contribution in [1.29, 1.82) is 0 Å². The summed E-state index contributed by atoms with van der Waals surface area (Å²) in [5.74, 6) is -3.94. The van der Waals surface area contributed by atoms with Crippen LogP contribution in [0.2, 0.25) is 0 Å². The maximum atomic E-state index is 13.7. The van der Waals surface area contributed by atoms with Gasteiger partial charge in [-0.15, -0.1) is 0 Å². The third-order valence-corrected chi connectivity index (χ3v) is 21.8. The van der Waals surface area contributed by atoms with E-state index in [1.54, 1.807) is 182 Å². The Labute approximate surface area is 790 Å². The summed E-state index contributed by atoms with van der Waals surface area (Å²) in [7, 11) is 0. The lowest BCUT2D eigenvalue weighted by Crippen LogP contribution is -2.01. The molecule has 0 amide bonds. The number of carboxylic acid groups (broad SMARTS) is 5. The average molecular weight is 1830 g/mol. The van der Waals surface area contributed by atoms with Crippen LogP contribution in [0.1, 0.15) is 152 Å². The molecule has 138 heavy (non-hydrogen) atoms. The van der Waals surface area contributed by atoms with Crippen LogP contribution in [0.15, 0.2) is 400 Å². The van der Waals surface area contributed by atoms with Gasteiger partial charge in [0.25, 0.3) is 32.4 Å². The first kappa shape index (κ1) is 96.6. The Kier molecular flexibility index (Phi) is 32.7. The summed E-state index contributed by atoms with van der Waals surface area (Å²) in [5, 5.41) is 46.7. The Bertz CT molecular complexity index is 6830. The maximum absolute atomic E-state index is 13.7. The molecule has 0 unspecified atom stereocenters. The van der Waals surface area contributed by atoms with E-state index in [0.29, 0.717) is 111 Å². The number of rotatable bonds is 31. The Balaban J connectivity index is 0.000000156. The van der Waals surface area contributed by atoms with Crippen molar-refractivity contribution in [2.24, 2.45) is 0 Å². The van der Waals surface area contributed by atoms with Crippen molar-refractivity contribution in [3.8, 4) is 28.7 Å². The lowest BCUT2D eigenvalue weighted by Gasteiger charge is -2.19. The number of ether oxygens (including phenoxy) is 5. The third-order valence-electron chi connectivity index (χ3n) is 21.8. The molecule has 0 atom stereocenters. The molecule has 0 aliphatic heterocycles. The van der Waals surface area contributed by atoms with E-state index in [-0.39, 0.29) is 27.8 Å². The molecule has 16 aromatic rings. The van der Waals surface area contributed by atoms with Gasteiger partial charge in [0, 0.05) is 0 Å². The second-order valence-electron chi connectivity index (χ2n) is 30.6. The maximum Gasteiger partial charge on any atom is 0.335 e. The molecule has 0 spiro atoms. The van der Waals surface area contributed by atoms with Crippen LogP contribution in [-0.2, 0) is 24.0 Å². The minimum absolute atomic E-state index is 0.113. The van der Waals surface area contributed by atoms with Gasteiger partial charge in [0.2, 0.25) is 0 Å². The van der Waals surface area contributed by atoms with Crippen LogP contribution in [0, 0.1) is 25.5 Å². The molecule has 0 aliphatic carbocycles. The van der Waals surface area contributed by atoms with Crippen molar-refractivity contribution in [3.63, 3.8) is 0 Å². The molecule has 22 heteroatoms. The van der Waals surface area contributed by atoms with E-state index < -0.39 is 41.5 Å². The number of carbonyl (C=O) groups excluding carboxylic acids is 5. The quantitative estimate of drug-likeness (QED) is 0.0199. The normalized spacial score (nSPS) is 11.1. The monoisotopic (exact) mass is 1830 g/mol. The molecule has 0 saturated carbocycles. The van der Waals surface area contributed by atoms with Crippen molar-refractivity contribution in [2.75, 3.05) is 0 Å². The molecular formula is C116H82F2O20. The first-order valence-electron chi connectivity index (χ1n) is 42.5. The van der Waals surface area contributed by atoms with Gasteiger partial charge in [-0.25, -0.2) is 32.8 Å². The molecule has 0 aromatic heterocycles. The number of carbonyl (C=O) groups is 10. The molecule has 16 aromatic carbocycles. The fourth-order valence-electron chi connectivity index (χ4n) is 15.2. The Morgan fingerprint density at radius 2 is 0.290 bits per heavy atom. The van der Waals surface area contributed by atoms with E-state index in [1.807, 2.05) is 123 Å². The number of hydrogen-bond acceptors (Lipinski definition) is 15. The standard InChI is InChI=1S/C30H20O8.C30H24O4.C28H18F2O4.C28H20O4/c31-17-37-25-13-9-21(10-14-25)28(22-11-15-26(16-12-22)38-18-32)27(19-1-5-23(6-2-19)29(33)34)20-3-7-24(8-4-20)30(35)36;1-20-3-7-22(8-4-20)28(24-11-13-26(14-12-24)30(32)33)29(23-9-5-21(2)6-10-23)25-15-17-27(18-16-25)34-19-31;29-23-11-5-19(6-12-23)26(18-1-3-22(4-2-18)28(32)33)27(20-7-13-24(30)14-8-20)21-9-15-25(16-10-21)34-17-31;29-19-32-25-17-15-23(16-18-25)27(21-9-5-2-6-10-21)26(20-7-3-1-4-8-20)22-11-13-24(14-12-22)28(30)31/h1-18H,(H,33,34)(H,35,36);3-19H,1-2H3,(H,32,33);1-17H,(H,32,33);1-19H,(H,30,31)/b;29-28+;27-26-;. The molecule has 0 radical (unpaired) electrons. The van der Waals surface area contributed by atoms with Crippen LogP contribution < -0.4 is 23.7 Å². The van der Waals surface area contributed by atoms with Gasteiger partial charge in [0.1, 0.15) is 40.4 Å². The second kappa shape index (κ2) is 46.7. The van der Waals surface area contributed by atoms with Gasteiger partial charge in [-0.2, -0.15) is 0 Å². The number of benzene rings is 16. The van der Waals surface area contributed by atoms with Crippen molar-refractivity contribution < 1.29 is 106 Å². The van der Waals surface area contributed by atoms with Crippen molar-refractivity contribution in [1.82, 2.24) is 0 Å². The highest BCUT2D eigenvalue weighted by molar-refractivity contribution is 6.09. The lowest BCUT2D eigenvalue weighted by molar-refractivity contribution is -0.121. The van der Waals surface area contributed by atoms with E-state index in [2.05, 4.69) is 48.5 Å². The first-order chi connectivity index (χ1) is 67.0. The highest BCUT2D eigenvalue weighted by atomic mass is 19.1. The zero-order valence-electron chi connectivity index (χ0n) is 73.6. The first-order valence-corrected chi connectivity index (χ1v) is 42.5. The summed E-state index contributed by atoms with van der Waals surface area (Å²) in [4.78, 5) is 111. The lowest BCUT2D eigenvalue weighted by atomic mass is 9.85. The van der Waals surface area contributed by atoms with E-state index in [4.69, 9.17) is 23.7 Å². The molecule has 16 rings (SSSR count). The molecular weight excluding hydrogens is 1750 g/mol. The number of carboxylic acids is 5. The highest BCUT2D eigenvalue weighted by Crippen LogP contribution is 2.44. The minimum atomic E-state index is -1.07. The molecule has 0 bridgehead atoms. The van der Waals surface area contributed by atoms with Crippen LogP contribution in [0.25, 0.3) is 44.6 Å². The van der Waals surface area contributed by atoms with E-state index in [0.717, 1.165) is 94.6 Å². The molecule has 20 nitrogen and oxygen atoms in total. The predicted molar refractivity (Wildman–Crippen MR) is 521 cm³/mol. The fraction of sp³-hybridized carbons (Fsp3) is 0.0172. The largest absolute Gasteiger partial charge is 0.478 e. The number of aromatic carboxylic acids is 5. The minimum Gasteiger partial charge on any atom is -0.478 e. The predicted octanol–water partition coefficient (Wildman–Crippen LogP) is 23.8. The molecule has 0 fully saturated rings. The van der Waals surface area contributed by atoms with Crippen molar-refractivity contribution >= 4 is 107 Å². The van der Waals surface area contributed by atoms with Crippen LogP contribution in [-0.4, -0.2) is 87.7 Å². The second-order valence-corrected chi connectivity index (χ2v) is 30.6. The Morgan fingerprint density at radius 3 is 0.428 bits per heavy atom. The van der Waals surface area contributed by atoms with Crippen molar-refractivity contribution in [2.45, 2.75) is 13.8 Å². The molecule has 0 heterocycles. The third kappa shape index (κ3) is 24.8. The number of aryl methyl sites for hydroxylation is 2. The van der Waals surface area contributed by atoms with E-state index >= 15 is 0 Å². The smallest absolute Gasteiger partial charge is 0.335 e. The van der Waals surface area contributed by atoms with E-state index in [1.165, 1.54) is 60.7 Å². The summed E-state index contributed by atoms with van der Waals surface area (Å²) in [6.07, 6.45) is 0. The molecule has 0 aliphatic rings. The van der Waals surface area contributed by atoms with Crippen LogP contribution in [0.4, 0.5) is 8.78 Å². The average Bonchev–Trinajstić information content (AvgIpc) is 0.790. The van der Waals surface area contributed by atoms with Gasteiger partial charge in [-0.05, 0) is 293 Å². The summed E-state index contributed by atoms with van der Waals surface area (Å²) in [6.45, 7) is 5.90. The summed E-state index contributed by atoms with van der Waals surface area (Å²) < 4.78 is 52.2. The number of halogens is 2. The Hall–Kier alpha value is -19.0. The van der Waals surface area contributed by atoms with Gasteiger partial charge in [-0.1, -0.05) is 266 Å². The van der Waals surface area contributed by atoms with Crippen LogP contribution in [0.3, 0.4) is 0 Å². The van der Waals surface area contributed by atoms with Gasteiger partial charge in [-0.3, -0.25) is 24.0 Å². The zero-order valence-corrected chi connectivity index (χ0v) is 73.6. The molecule has 5 N–H and O–H groups in total. The van der Waals surface area contributed by atoms with Gasteiger partial charge < -0.3 is 49.2 Å². The number of hydrogen-bond donors (Lipinski definition) is 5. The van der Waals surface area contributed by atoms with E-state index in [9.17, 15) is 82.3 Å². The Morgan fingerprint density at radius 1 is 0.174 bits per heavy atom. The van der Waals surface area contributed by atoms with Gasteiger partial charge in [0.15, 0.2) is 0 Å². The summed E-state index contributed by atoms with van der Waals surface area (Å²) in [6, 6.07) is 116. The molecule has 0 saturated heterocycles. The highest BCUT2D eigenvalue weighted by Gasteiger charge is 2.24. The summed E-state index contributed by atoms with van der Waals surface area (Å²) in [5.41, 5.74) is 23.1. The summed E-state index contributed by atoms with van der Waals surface area (Å²) >= 11 is 0. The van der Waals surface area contributed by atoms with Gasteiger partial charge >= 0.3 is 29.8 Å². The van der Waals surface area contributed by atoms with Crippen molar-refractivity contribution in [3.05, 3.63) is 540 Å². The van der Waals surface area contributed by atoms with Crippen LogP contribution >= 0.6 is 0 Å². The fourth-order valence-corrected chi connectivity index (χ4v) is 15.2.